The normalized spacial score (nSPS) is 30.6. The van der Waals surface area contributed by atoms with E-state index in [-0.39, 0.29) is 46.7 Å². The molecule has 1 unspecified atom stereocenters. The average Bonchev–Trinajstić information content (AvgIpc) is 3.77. The zero-order chi connectivity index (χ0) is 35.4. The van der Waals surface area contributed by atoms with Crippen LogP contribution in [0.2, 0.25) is 0 Å². The maximum Gasteiger partial charge on any atom is 0.336 e. The molecule has 4 aliphatic heterocycles. The molecule has 16 heteroatoms. The summed E-state index contributed by atoms with van der Waals surface area (Å²) in [6.45, 7) is 0.389. The second-order valence-corrected chi connectivity index (χ2v) is 12.1. The molecule has 1 saturated heterocycles. The van der Waals surface area contributed by atoms with E-state index in [9.17, 15) is 35.4 Å². The van der Waals surface area contributed by atoms with Gasteiger partial charge in [0.05, 0.1) is 31.9 Å². The van der Waals surface area contributed by atoms with Crippen LogP contribution in [0.4, 0.5) is 0 Å². The standard InChI is InChI=1S/C34H32N4O12/c1-46-28-24(49-32-33(44)10-8-19(20-14-36-15-37-20)34(45,31(33)43)29(50-32)30(41)42)13-23-26(27(28)40)21(39)12-22(48-23)16-2-5-18(6-3-16)47-11-9-17-4-7-25(35)38-17/h2-8,10,12-13,15,19,22,29,31-32,35,39-40,43-45H,9,11,14H2,1H3,(H,41,42)/t19-,22?,29-,31+,32-,33-,34-/m1/s1. The molecule has 16 nitrogen and oxygen atoms in total. The van der Waals surface area contributed by atoms with Gasteiger partial charge in [-0.15, -0.1) is 0 Å². The number of methoxy groups -OCH3 is 1. The van der Waals surface area contributed by atoms with Crippen molar-refractivity contribution >= 4 is 35.3 Å². The molecule has 0 spiro atoms. The number of carboxylic acids is 1. The number of aliphatic hydroxyl groups excluding tert-OH is 2. The van der Waals surface area contributed by atoms with E-state index < -0.39 is 53.4 Å². The molecular formula is C34H32N4O12. The van der Waals surface area contributed by atoms with Crippen molar-refractivity contribution in [1.82, 2.24) is 0 Å². The minimum atomic E-state index is -2.57. The Morgan fingerprint density at radius 2 is 1.94 bits per heavy atom. The van der Waals surface area contributed by atoms with E-state index >= 15 is 0 Å². The maximum atomic E-state index is 12.4. The first-order valence-corrected chi connectivity index (χ1v) is 15.4. The van der Waals surface area contributed by atoms with Crippen molar-refractivity contribution in [1.29, 1.82) is 5.41 Å². The van der Waals surface area contributed by atoms with Crippen LogP contribution >= 0.6 is 0 Å². The van der Waals surface area contributed by atoms with Crippen LogP contribution in [0.5, 0.6) is 28.7 Å². The van der Waals surface area contributed by atoms with Crippen LogP contribution in [0.1, 0.15) is 23.7 Å². The first kappa shape index (κ1) is 33.0. The molecule has 1 fully saturated rings. The van der Waals surface area contributed by atoms with E-state index in [1.807, 2.05) is 0 Å². The van der Waals surface area contributed by atoms with Gasteiger partial charge in [-0.2, -0.15) is 0 Å². The number of nitrogens with zero attached hydrogens (tertiary/aromatic N) is 3. The molecule has 0 radical (unpaired) electrons. The van der Waals surface area contributed by atoms with Gasteiger partial charge in [-0.3, -0.25) is 10.4 Å². The summed E-state index contributed by atoms with van der Waals surface area (Å²) < 4.78 is 28.8. The SMILES string of the molecule is COc1c(O[C@@H]2O[C@H](C(=O)O)[C@]3(O)[C@@H](C4=NC=NC4)C=C[C@@]2(O)[C@@H]3O)cc2c(c1O)C(O)=CC(c1ccc(OCCC3=NC(=N)C=C3)cc1)O2. The lowest BCUT2D eigenvalue weighted by Crippen LogP contribution is -2.78. The van der Waals surface area contributed by atoms with Crippen molar-refractivity contribution < 1.29 is 59.1 Å². The molecule has 5 aliphatic rings. The van der Waals surface area contributed by atoms with Crippen molar-refractivity contribution in [3.8, 4) is 28.7 Å². The molecule has 0 amide bonds. The van der Waals surface area contributed by atoms with Crippen LogP contribution < -0.4 is 18.9 Å². The fourth-order valence-corrected chi connectivity index (χ4v) is 6.59. The van der Waals surface area contributed by atoms with E-state index in [0.29, 0.717) is 24.3 Å². The van der Waals surface area contributed by atoms with Crippen molar-refractivity contribution in [2.75, 3.05) is 20.3 Å². The molecule has 50 heavy (non-hydrogen) atoms. The zero-order valence-electron chi connectivity index (χ0n) is 26.3. The number of amidine groups is 1. The number of phenols is 1. The first-order chi connectivity index (χ1) is 23.9. The fourth-order valence-electron chi connectivity index (χ4n) is 6.59. The molecule has 2 aromatic rings. The number of ether oxygens (including phenoxy) is 5. The summed E-state index contributed by atoms with van der Waals surface area (Å²) in [5, 5.41) is 74.4. The third-order valence-electron chi connectivity index (χ3n) is 9.10. The molecule has 2 aromatic carbocycles. The van der Waals surface area contributed by atoms with Crippen LogP contribution in [0.25, 0.3) is 5.76 Å². The number of allylic oxidation sites excluding steroid dienone is 1. The lowest BCUT2D eigenvalue weighted by atomic mass is 9.64. The number of aliphatic hydroxyl groups is 4. The van der Waals surface area contributed by atoms with Gasteiger partial charge in [0.25, 0.3) is 0 Å². The van der Waals surface area contributed by atoms with Gasteiger partial charge in [-0.05, 0) is 35.9 Å². The number of fused-ring (bicyclic) bond motifs is 3. The van der Waals surface area contributed by atoms with Crippen LogP contribution in [0.15, 0.2) is 75.7 Å². The highest BCUT2D eigenvalue weighted by Crippen LogP contribution is 2.53. The Kier molecular flexibility index (Phi) is 8.18. The summed E-state index contributed by atoms with van der Waals surface area (Å²) in [4.78, 5) is 24.5. The number of carbonyl (C=O) groups is 1. The summed E-state index contributed by atoms with van der Waals surface area (Å²) in [6, 6.07) is 8.13. The molecule has 0 aromatic heterocycles. The van der Waals surface area contributed by atoms with Crippen LogP contribution in [-0.4, -0.2) is 110 Å². The Bertz CT molecular complexity index is 1940. The molecule has 7 N–H and O–H groups in total. The number of hydrogen-bond acceptors (Lipinski definition) is 14. The molecule has 1 aliphatic carbocycles. The average molecular weight is 689 g/mol. The second-order valence-electron chi connectivity index (χ2n) is 12.1. The van der Waals surface area contributed by atoms with E-state index in [4.69, 9.17) is 29.1 Å². The van der Waals surface area contributed by atoms with E-state index in [1.165, 1.54) is 31.7 Å². The monoisotopic (exact) mass is 688 g/mol. The van der Waals surface area contributed by atoms with Gasteiger partial charge in [-0.25, -0.2) is 14.8 Å². The number of aromatic hydroxyl groups is 1. The quantitative estimate of drug-likeness (QED) is 0.177. The van der Waals surface area contributed by atoms with Crippen LogP contribution in [0.3, 0.4) is 0 Å². The number of benzene rings is 2. The molecule has 0 saturated carbocycles. The van der Waals surface area contributed by atoms with Crippen molar-refractivity contribution in [2.45, 2.75) is 42.2 Å². The molecule has 7 atom stereocenters. The number of rotatable bonds is 10. The first-order valence-electron chi connectivity index (χ1n) is 15.4. The van der Waals surface area contributed by atoms with E-state index in [2.05, 4.69) is 15.0 Å². The smallest absolute Gasteiger partial charge is 0.336 e. The predicted molar refractivity (Wildman–Crippen MR) is 176 cm³/mol. The predicted octanol–water partition coefficient (Wildman–Crippen LogP) is 1.87. The number of aliphatic carboxylic acids is 1. The zero-order valence-corrected chi connectivity index (χ0v) is 26.3. The summed E-state index contributed by atoms with van der Waals surface area (Å²) in [6.07, 6.45) is 1.91. The van der Waals surface area contributed by atoms with Gasteiger partial charge in [0.2, 0.25) is 12.0 Å². The van der Waals surface area contributed by atoms with Crippen molar-refractivity contribution in [3.05, 3.63) is 71.8 Å². The van der Waals surface area contributed by atoms with Crippen molar-refractivity contribution in [2.24, 2.45) is 20.9 Å². The Hall–Kier alpha value is -5.55. The van der Waals surface area contributed by atoms with Gasteiger partial charge in [-0.1, -0.05) is 18.2 Å². The molecule has 2 bridgehead atoms. The number of nitrogens with one attached hydrogen (secondary N) is 1. The summed E-state index contributed by atoms with van der Waals surface area (Å²) in [7, 11) is 1.20. The van der Waals surface area contributed by atoms with Crippen LogP contribution in [0, 0.1) is 11.3 Å². The van der Waals surface area contributed by atoms with E-state index in [1.54, 1.807) is 36.4 Å². The Labute approximate surface area is 283 Å². The Morgan fingerprint density at radius 3 is 2.60 bits per heavy atom. The molecule has 7 rings (SSSR count). The Balaban J connectivity index is 1.14. The van der Waals surface area contributed by atoms with Gasteiger partial charge in [0.15, 0.2) is 23.2 Å². The minimum absolute atomic E-state index is 0.0442. The largest absolute Gasteiger partial charge is 0.507 e. The van der Waals surface area contributed by atoms with Gasteiger partial charge in [0.1, 0.15) is 52.8 Å². The highest BCUT2D eigenvalue weighted by molar-refractivity contribution is 6.14. The lowest BCUT2D eigenvalue weighted by molar-refractivity contribution is -0.337. The molecule has 260 valence electrons. The van der Waals surface area contributed by atoms with Gasteiger partial charge >= 0.3 is 5.97 Å². The number of hydrogen-bond donors (Lipinski definition) is 7. The number of carboxylic acid groups (broad SMARTS) is 1. The van der Waals surface area contributed by atoms with Crippen molar-refractivity contribution in [3.63, 3.8) is 0 Å². The fraction of sp³-hybridized carbons (Fsp3) is 0.324. The summed E-state index contributed by atoms with van der Waals surface area (Å²) >= 11 is 0. The summed E-state index contributed by atoms with van der Waals surface area (Å²) in [5.74, 6) is -3.67. The highest BCUT2D eigenvalue weighted by Gasteiger charge is 2.69. The maximum absolute atomic E-state index is 12.4. The molecule has 4 heterocycles. The third-order valence-corrected chi connectivity index (χ3v) is 9.10. The minimum Gasteiger partial charge on any atom is -0.507 e. The highest BCUT2D eigenvalue weighted by atomic mass is 16.7. The van der Waals surface area contributed by atoms with E-state index in [0.717, 1.165) is 11.8 Å². The Morgan fingerprint density at radius 1 is 1.16 bits per heavy atom. The van der Waals surface area contributed by atoms with Gasteiger partial charge in [0, 0.05) is 24.3 Å². The molecular weight excluding hydrogens is 656 g/mol. The second kappa shape index (κ2) is 12.4. The number of aliphatic imine (C=N–C) groups is 3. The topological polar surface area (TPSA) is 246 Å². The summed E-state index contributed by atoms with van der Waals surface area (Å²) in [5.41, 5.74) is -3.56. The van der Waals surface area contributed by atoms with Gasteiger partial charge < -0.3 is 54.3 Å². The lowest BCUT2D eigenvalue weighted by Gasteiger charge is -2.55. The number of phenolic OH excluding ortho intramolecular Hbond substituents is 1. The third kappa shape index (κ3) is 5.38. The van der Waals surface area contributed by atoms with Crippen LogP contribution in [-0.2, 0) is 9.53 Å².